The van der Waals surface area contributed by atoms with Crippen molar-refractivity contribution >= 4 is 17.8 Å². The van der Waals surface area contributed by atoms with Crippen LogP contribution >= 0.6 is 11.6 Å². The summed E-state index contributed by atoms with van der Waals surface area (Å²) in [5, 5.41) is -3.20. The summed E-state index contributed by atoms with van der Waals surface area (Å²) >= 11 is 4.50. The number of halogens is 3. The lowest BCUT2D eigenvalue weighted by Crippen LogP contribution is -2.15. The van der Waals surface area contributed by atoms with Crippen LogP contribution in [0.2, 0.25) is 0 Å². The minimum atomic E-state index is -3.20. The predicted octanol–water partition coefficient (Wildman–Crippen LogP) is 1.16. The molecule has 0 heterocycles. The SMILES string of the molecule is C[N+](C)=CC(F)(F)Cl. The Hall–Kier alpha value is -0.180. The fraction of sp³-hybridized carbons (Fsp3) is 0.750. The summed E-state index contributed by atoms with van der Waals surface area (Å²) in [6.07, 6.45) is 0.620. The van der Waals surface area contributed by atoms with E-state index in [0.29, 0.717) is 6.21 Å². The van der Waals surface area contributed by atoms with Gasteiger partial charge in [-0.3, -0.25) is 0 Å². The molecule has 0 N–H and O–H groups in total. The third-order valence-electron chi connectivity index (χ3n) is 0.405. The van der Waals surface area contributed by atoms with E-state index >= 15 is 0 Å². The third-order valence-corrected chi connectivity index (χ3v) is 0.502. The molecular weight excluding hydrogens is 136 g/mol. The Morgan fingerprint density at radius 1 is 1.50 bits per heavy atom. The maximum absolute atomic E-state index is 11.6. The maximum Gasteiger partial charge on any atom is 0.397 e. The first-order chi connectivity index (χ1) is 3.42. The predicted molar refractivity (Wildman–Crippen MR) is 29.0 cm³/mol. The lowest BCUT2D eigenvalue weighted by molar-refractivity contribution is -0.463. The largest absolute Gasteiger partial charge is 0.397 e. The fourth-order valence-electron chi connectivity index (χ4n) is 0.293. The summed E-state index contributed by atoms with van der Waals surface area (Å²) in [4.78, 5) is 0. The van der Waals surface area contributed by atoms with Crippen LogP contribution in [0.1, 0.15) is 0 Å². The molecule has 0 amide bonds. The fourth-order valence-corrected chi connectivity index (χ4v) is 0.488. The summed E-state index contributed by atoms with van der Waals surface area (Å²) < 4.78 is 24.5. The van der Waals surface area contributed by atoms with Crippen molar-refractivity contribution in [3.05, 3.63) is 0 Å². The molecule has 0 aliphatic rings. The Morgan fingerprint density at radius 3 is 1.88 bits per heavy atom. The van der Waals surface area contributed by atoms with Gasteiger partial charge in [0, 0.05) is 0 Å². The highest BCUT2D eigenvalue weighted by molar-refractivity contribution is 6.28. The summed E-state index contributed by atoms with van der Waals surface area (Å²) in [6, 6.07) is 0. The van der Waals surface area contributed by atoms with Crippen LogP contribution in [0, 0.1) is 0 Å². The number of rotatable bonds is 1. The molecule has 0 aliphatic carbocycles. The third kappa shape index (κ3) is 5.82. The van der Waals surface area contributed by atoms with Gasteiger partial charge in [-0.15, -0.1) is 0 Å². The number of alkyl halides is 3. The normalized spacial score (nSPS) is 11.1. The number of hydrogen-bond donors (Lipinski definition) is 0. The number of hydrogen-bond acceptors (Lipinski definition) is 0. The maximum atomic E-state index is 11.6. The van der Waals surface area contributed by atoms with Gasteiger partial charge in [0.1, 0.15) is 14.1 Å². The van der Waals surface area contributed by atoms with E-state index < -0.39 is 5.38 Å². The van der Waals surface area contributed by atoms with Crippen molar-refractivity contribution in [1.82, 2.24) is 0 Å². The second-order valence-electron chi connectivity index (χ2n) is 1.63. The van der Waals surface area contributed by atoms with E-state index in [1.54, 1.807) is 0 Å². The molecule has 0 bridgehead atoms. The van der Waals surface area contributed by atoms with Crippen LogP contribution in [-0.4, -0.2) is 30.3 Å². The van der Waals surface area contributed by atoms with E-state index in [4.69, 9.17) is 0 Å². The molecule has 4 heteroatoms. The highest BCUT2D eigenvalue weighted by atomic mass is 35.5. The highest BCUT2D eigenvalue weighted by Crippen LogP contribution is 2.13. The van der Waals surface area contributed by atoms with Gasteiger partial charge in [-0.1, -0.05) is 0 Å². The van der Waals surface area contributed by atoms with E-state index in [9.17, 15) is 8.78 Å². The Balaban J connectivity index is 3.89. The molecule has 0 aromatic rings. The zero-order chi connectivity index (χ0) is 6.78. The Bertz CT molecular complexity index is 101. The molecule has 0 rings (SSSR count). The average molecular weight is 143 g/mol. The van der Waals surface area contributed by atoms with Crippen LogP contribution in [0.25, 0.3) is 0 Å². The van der Waals surface area contributed by atoms with Crippen LogP contribution in [0.5, 0.6) is 0 Å². The molecule has 0 atom stereocenters. The molecule has 0 aliphatic heterocycles. The molecule has 0 saturated carbocycles. The van der Waals surface area contributed by atoms with Gasteiger partial charge in [0.15, 0.2) is 0 Å². The summed E-state index contributed by atoms with van der Waals surface area (Å²) in [5.41, 5.74) is 0. The Kier molecular flexibility index (Phi) is 2.34. The molecular formula is C4H7ClF2N+. The van der Waals surface area contributed by atoms with Gasteiger partial charge in [-0.25, -0.2) is 4.58 Å². The van der Waals surface area contributed by atoms with Crippen molar-refractivity contribution in [2.75, 3.05) is 14.1 Å². The monoisotopic (exact) mass is 142 g/mol. The summed E-state index contributed by atoms with van der Waals surface area (Å²) in [6.45, 7) is 0. The molecule has 0 spiro atoms. The van der Waals surface area contributed by atoms with Gasteiger partial charge >= 0.3 is 5.38 Å². The van der Waals surface area contributed by atoms with E-state index in [1.165, 1.54) is 18.7 Å². The molecule has 0 fully saturated rings. The van der Waals surface area contributed by atoms with Crippen molar-refractivity contribution < 1.29 is 13.4 Å². The van der Waals surface area contributed by atoms with E-state index in [2.05, 4.69) is 11.6 Å². The topological polar surface area (TPSA) is 3.01 Å². The quantitative estimate of drug-likeness (QED) is 0.294. The number of nitrogens with zero attached hydrogens (tertiary/aromatic N) is 1. The lowest BCUT2D eigenvalue weighted by Gasteiger charge is -1.94. The second-order valence-corrected chi connectivity index (χ2v) is 2.14. The molecule has 0 unspecified atom stereocenters. The standard InChI is InChI=1S/C4H7ClF2N/c1-8(2)3-4(5,6)7/h3H,1-2H3/q+1. The van der Waals surface area contributed by atoms with E-state index in [0.717, 1.165) is 0 Å². The molecule has 1 nitrogen and oxygen atoms in total. The minimum Gasteiger partial charge on any atom is -0.239 e. The molecule has 0 aromatic heterocycles. The molecule has 0 radical (unpaired) electrons. The smallest absolute Gasteiger partial charge is 0.239 e. The van der Waals surface area contributed by atoms with Crippen LogP contribution in [0.3, 0.4) is 0 Å². The van der Waals surface area contributed by atoms with Gasteiger partial charge < -0.3 is 0 Å². The van der Waals surface area contributed by atoms with E-state index in [1.807, 2.05) is 0 Å². The first-order valence-corrected chi connectivity index (χ1v) is 2.39. The average Bonchev–Trinajstić information content (AvgIpc) is 1.21. The van der Waals surface area contributed by atoms with Gasteiger partial charge in [0.25, 0.3) is 0 Å². The van der Waals surface area contributed by atoms with Crippen molar-refractivity contribution in [2.45, 2.75) is 5.38 Å². The Morgan fingerprint density at radius 2 is 1.88 bits per heavy atom. The summed E-state index contributed by atoms with van der Waals surface area (Å²) in [5.74, 6) is 0. The second kappa shape index (κ2) is 2.40. The Labute approximate surface area is 51.6 Å². The van der Waals surface area contributed by atoms with Crippen LogP contribution in [-0.2, 0) is 0 Å². The van der Waals surface area contributed by atoms with Gasteiger partial charge in [-0.2, -0.15) is 8.78 Å². The van der Waals surface area contributed by atoms with Crippen LogP contribution < -0.4 is 0 Å². The van der Waals surface area contributed by atoms with Crippen molar-refractivity contribution in [2.24, 2.45) is 0 Å². The molecule has 48 valence electrons. The lowest BCUT2D eigenvalue weighted by atomic mass is 10.7. The minimum absolute atomic E-state index is 0.620. The van der Waals surface area contributed by atoms with E-state index in [-0.39, 0.29) is 0 Å². The first-order valence-electron chi connectivity index (χ1n) is 2.01. The zero-order valence-electron chi connectivity index (χ0n) is 4.66. The molecule has 8 heavy (non-hydrogen) atoms. The van der Waals surface area contributed by atoms with Gasteiger partial charge in [0.2, 0.25) is 6.21 Å². The van der Waals surface area contributed by atoms with Gasteiger partial charge in [-0.05, 0) is 11.6 Å². The van der Waals surface area contributed by atoms with Crippen LogP contribution in [0.4, 0.5) is 8.78 Å². The first kappa shape index (κ1) is 7.82. The highest BCUT2D eigenvalue weighted by Gasteiger charge is 2.25. The molecule has 0 saturated heterocycles. The van der Waals surface area contributed by atoms with Gasteiger partial charge in [0.05, 0.1) is 0 Å². The van der Waals surface area contributed by atoms with Crippen molar-refractivity contribution in [3.8, 4) is 0 Å². The molecule has 0 aromatic carbocycles. The zero-order valence-corrected chi connectivity index (χ0v) is 5.41. The summed E-state index contributed by atoms with van der Waals surface area (Å²) in [7, 11) is 2.96. The van der Waals surface area contributed by atoms with Crippen LogP contribution in [0.15, 0.2) is 0 Å². The van der Waals surface area contributed by atoms with Crippen molar-refractivity contribution in [1.29, 1.82) is 0 Å². The van der Waals surface area contributed by atoms with Crippen molar-refractivity contribution in [3.63, 3.8) is 0 Å².